The van der Waals surface area contributed by atoms with Gasteiger partial charge in [-0.3, -0.25) is 0 Å². The van der Waals surface area contributed by atoms with E-state index in [2.05, 4.69) is 125 Å². The number of nitrogens with zero attached hydrogens (tertiary/aromatic N) is 3. The topological polar surface area (TPSA) is 22.8 Å². The Hall–Kier alpha value is -4.37. The Morgan fingerprint density at radius 1 is 0.485 bits per heavy atom. The number of pyridine rings is 1. The van der Waals surface area contributed by atoms with Crippen molar-refractivity contribution in [3.8, 4) is 11.4 Å². The molecule has 3 nitrogen and oxygen atoms in total. The van der Waals surface area contributed by atoms with Gasteiger partial charge in [0, 0.05) is 22.1 Å². The minimum Gasteiger partial charge on any atom is -0.308 e. The SMILES string of the molecule is Cc1ccc2c(c1)c1nc3c4ccccc4n(-c4ccccc4)c3cc1n2-c1ccccc1. The summed E-state index contributed by atoms with van der Waals surface area (Å²) in [5, 5.41) is 2.36. The fourth-order valence-electron chi connectivity index (χ4n) is 5.10. The van der Waals surface area contributed by atoms with Crippen LogP contribution in [0.3, 0.4) is 0 Å². The Morgan fingerprint density at radius 3 is 1.70 bits per heavy atom. The molecular weight excluding hydrogens is 402 g/mol. The molecule has 0 saturated carbocycles. The number of fused-ring (bicyclic) bond motifs is 6. The molecule has 0 unspecified atom stereocenters. The molecular formula is C30H21N3. The summed E-state index contributed by atoms with van der Waals surface area (Å²) >= 11 is 0. The van der Waals surface area contributed by atoms with E-state index in [4.69, 9.17) is 4.98 Å². The van der Waals surface area contributed by atoms with Crippen molar-refractivity contribution < 1.29 is 0 Å². The van der Waals surface area contributed by atoms with Gasteiger partial charge in [-0.15, -0.1) is 0 Å². The minimum atomic E-state index is 1.04. The fourth-order valence-corrected chi connectivity index (χ4v) is 5.10. The highest BCUT2D eigenvalue weighted by Gasteiger charge is 2.19. The van der Waals surface area contributed by atoms with Gasteiger partial charge in [0.2, 0.25) is 0 Å². The highest BCUT2D eigenvalue weighted by Crippen LogP contribution is 2.37. The third-order valence-electron chi connectivity index (χ3n) is 6.54. The molecule has 0 aliphatic heterocycles. The zero-order chi connectivity index (χ0) is 21.9. The fraction of sp³-hybridized carbons (Fsp3) is 0.0333. The molecule has 0 radical (unpaired) electrons. The summed E-state index contributed by atoms with van der Waals surface area (Å²) in [7, 11) is 0. The number of hydrogen-bond acceptors (Lipinski definition) is 1. The van der Waals surface area contributed by atoms with Gasteiger partial charge in [0.25, 0.3) is 0 Å². The highest BCUT2D eigenvalue weighted by molar-refractivity contribution is 6.15. The summed E-state index contributed by atoms with van der Waals surface area (Å²) in [4.78, 5) is 5.33. The molecule has 0 aliphatic rings. The van der Waals surface area contributed by atoms with Gasteiger partial charge in [-0.2, -0.15) is 0 Å². The first-order valence-electron chi connectivity index (χ1n) is 11.3. The lowest BCUT2D eigenvalue weighted by molar-refractivity contribution is 1.16. The second kappa shape index (κ2) is 6.81. The van der Waals surface area contributed by atoms with E-state index >= 15 is 0 Å². The first kappa shape index (κ1) is 18.2. The second-order valence-electron chi connectivity index (χ2n) is 8.60. The van der Waals surface area contributed by atoms with Gasteiger partial charge < -0.3 is 9.13 Å². The minimum absolute atomic E-state index is 1.04. The predicted octanol–water partition coefficient (Wildman–Crippen LogP) is 7.58. The van der Waals surface area contributed by atoms with Gasteiger partial charge >= 0.3 is 0 Å². The van der Waals surface area contributed by atoms with Crippen LogP contribution in [0, 0.1) is 6.92 Å². The Labute approximate surface area is 191 Å². The van der Waals surface area contributed by atoms with E-state index in [1.165, 1.54) is 27.4 Å². The third kappa shape index (κ3) is 2.60. The first-order valence-corrected chi connectivity index (χ1v) is 11.3. The van der Waals surface area contributed by atoms with Crippen LogP contribution < -0.4 is 0 Å². The zero-order valence-corrected chi connectivity index (χ0v) is 18.2. The summed E-state index contributed by atoms with van der Waals surface area (Å²) in [5.41, 5.74) is 10.2. The number of aryl methyl sites for hydroxylation is 1. The normalized spacial score (nSPS) is 11.8. The average molecular weight is 424 g/mol. The molecule has 0 fully saturated rings. The summed E-state index contributed by atoms with van der Waals surface area (Å²) in [6.07, 6.45) is 0. The second-order valence-corrected chi connectivity index (χ2v) is 8.60. The van der Waals surface area contributed by atoms with Crippen LogP contribution >= 0.6 is 0 Å². The van der Waals surface area contributed by atoms with Crippen molar-refractivity contribution in [3.63, 3.8) is 0 Å². The average Bonchev–Trinajstić information content (AvgIpc) is 3.35. The smallest absolute Gasteiger partial charge is 0.0972 e. The zero-order valence-electron chi connectivity index (χ0n) is 18.2. The maximum Gasteiger partial charge on any atom is 0.0972 e. The number of hydrogen-bond donors (Lipinski definition) is 0. The third-order valence-corrected chi connectivity index (χ3v) is 6.54. The molecule has 0 N–H and O–H groups in total. The quantitative estimate of drug-likeness (QED) is 0.281. The van der Waals surface area contributed by atoms with Crippen LogP contribution in [0.2, 0.25) is 0 Å². The first-order chi connectivity index (χ1) is 16.3. The van der Waals surface area contributed by atoms with Gasteiger partial charge in [0.05, 0.1) is 33.1 Å². The van der Waals surface area contributed by atoms with Crippen molar-refractivity contribution in [2.24, 2.45) is 0 Å². The van der Waals surface area contributed by atoms with Crippen molar-refractivity contribution in [3.05, 3.63) is 115 Å². The molecule has 0 saturated heterocycles. The summed E-state index contributed by atoms with van der Waals surface area (Å²) in [5.74, 6) is 0. The van der Waals surface area contributed by atoms with Crippen LogP contribution in [0.15, 0.2) is 109 Å². The largest absolute Gasteiger partial charge is 0.308 e. The molecule has 0 bridgehead atoms. The van der Waals surface area contributed by atoms with Gasteiger partial charge in [-0.1, -0.05) is 66.2 Å². The highest BCUT2D eigenvalue weighted by atomic mass is 15.0. The Kier molecular flexibility index (Phi) is 3.76. The maximum atomic E-state index is 5.33. The number of benzene rings is 4. The van der Waals surface area contributed by atoms with Crippen molar-refractivity contribution in [2.75, 3.05) is 0 Å². The van der Waals surface area contributed by atoms with Crippen molar-refractivity contribution in [2.45, 2.75) is 6.92 Å². The molecule has 4 aromatic carbocycles. The van der Waals surface area contributed by atoms with Gasteiger partial charge in [0.1, 0.15) is 0 Å². The standard InChI is InChI=1S/C30H21N3/c1-20-16-17-26-24(18-20)30-28(33(26)22-12-6-3-7-13-22)19-27-29(31-30)23-14-8-9-15-25(23)32(27)21-10-4-2-5-11-21/h2-19H,1H3. The van der Waals surface area contributed by atoms with Crippen molar-refractivity contribution in [1.29, 1.82) is 0 Å². The lowest BCUT2D eigenvalue weighted by atomic mass is 10.1. The monoisotopic (exact) mass is 423 g/mol. The molecule has 7 rings (SSSR count). The molecule has 156 valence electrons. The molecule has 3 heterocycles. The molecule has 0 spiro atoms. The van der Waals surface area contributed by atoms with Crippen molar-refractivity contribution >= 4 is 43.9 Å². The number of para-hydroxylation sites is 3. The van der Waals surface area contributed by atoms with Gasteiger partial charge in [-0.25, -0.2) is 4.98 Å². The van der Waals surface area contributed by atoms with E-state index in [-0.39, 0.29) is 0 Å². The van der Waals surface area contributed by atoms with Crippen LogP contribution in [0.4, 0.5) is 0 Å². The lowest BCUT2D eigenvalue weighted by Gasteiger charge is -2.09. The van der Waals surface area contributed by atoms with E-state index in [1.54, 1.807) is 0 Å². The summed E-state index contributed by atoms with van der Waals surface area (Å²) in [6, 6.07) is 38.6. The van der Waals surface area contributed by atoms with Crippen LogP contribution in [0.25, 0.3) is 55.2 Å². The maximum absolute atomic E-state index is 5.33. The van der Waals surface area contributed by atoms with Crippen LogP contribution in [0.5, 0.6) is 0 Å². The molecule has 0 aliphatic carbocycles. The van der Waals surface area contributed by atoms with Crippen LogP contribution in [-0.4, -0.2) is 14.1 Å². The Balaban J connectivity index is 1.72. The van der Waals surface area contributed by atoms with Gasteiger partial charge in [-0.05, 0) is 55.5 Å². The number of rotatable bonds is 2. The molecule has 3 heteroatoms. The Morgan fingerprint density at radius 2 is 1.03 bits per heavy atom. The predicted molar refractivity (Wildman–Crippen MR) is 138 cm³/mol. The van der Waals surface area contributed by atoms with E-state index in [0.717, 1.165) is 33.4 Å². The molecule has 3 aromatic heterocycles. The lowest BCUT2D eigenvalue weighted by Crippen LogP contribution is -1.96. The van der Waals surface area contributed by atoms with Crippen molar-refractivity contribution in [1.82, 2.24) is 14.1 Å². The van der Waals surface area contributed by atoms with E-state index in [9.17, 15) is 0 Å². The molecule has 0 amide bonds. The van der Waals surface area contributed by atoms with Crippen LogP contribution in [-0.2, 0) is 0 Å². The molecule has 33 heavy (non-hydrogen) atoms. The number of aromatic nitrogens is 3. The van der Waals surface area contributed by atoms with Gasteiger partial charge in [0.15, 0.2) is 0 Å². The van der Waals surface area contributed by atoms with Crippen LogP contribution in [0.1, 0.15) is 5.56 Å². The molecule has 7 aromatic rings. The van der Waals surface area contributed by atoms with E-state index in [1.807, 2.05) is 0 Å². The Bertz CT molecular complexity index is 1810. The van der Waals surface area contributed by atoms with E-state index < -0.39 is 0 Å². The summed E-state index contributed by atoms with van der Waals surface area (Å²) < 4.78 is 4.67. The molecule has 0 atom stereocenters. The summed E-state index contributed by atoms with van der Waals surface area (Å²) in [6.45, 7) is 2.14. The van der Waals surface area contributed by atoms with E-state index in [0.29, 0.717) is 0 Å².